The summed E-state index contributed by atoms with van der Waals surface area (Å²) in [5.41, 5.74) is -3.36. The topological polar surface area (TPSA) is 84.9 Å². The molecule has 1 amide bonds. The first-order valence-corrected chi connectivity index (χ1v) is 12.5. The van der Waals surface area contributed by atoms with Crippen LogP contribution in [0.3, 0.4) is 0 Å². The molecule has 210 valence electrons. The van der Waals surface area contributed by atoms with E-state index in [2.05, 4.69) is 5.32 Å². The highest BCUT2D eigenvalue weighted by molar-refractivity contribution is 7.92. The quantitative estimate of drug-likeness (QED) is 0.312. The van der Waals surface area contributed by atoms with Crippen molar-refractivity contribution in [3.63, 3.8) is 0 Å². The van der Waals surface area contributed by atoms with Gasteiger partial charge in [-0.15, -0.1) is 0 Å². The van der Waals surface area contributed by atoms with Gasteiger partial charge in [0.05, 0.1) is 46.6 Å². The highest BCUT2D eigenvalue weighted by Crippen LogP contribution is 2.36. The monoisotopic (exact) mass is 596 g/mol. The SMILES string of the molecule is COc1ccc(S(=O)(=O)N(CC(=O)Nc2cc(C(F)(F)F)ccc2Cl)c2cccc(C(F)(F)F)c2)cc1OC. The predicted molar refractivity (Wildman–Crippen MR) is 131 cm³/mol. The van der Waals surface area contributed by atoms with E-state index in [1.807, 2.05) is 0 Å². The molecule has 0 spiro atoms. The third-order valence-corrected chi connectivity index (χ3v) is 7.36. The van der Waals surface area contributed by atoms with E-state index < -0.39 is 62.2 Å². The zero-order valence-electron chi connectivity index (χ0n) is 20.0. The molecule has 0 heterocycles. The Morgan fingerprint density at radius 1 is 0.872 bits per heavy atom. The van der Waals surface area contributed by atoms with Gasteiger partial charge in [0.1, 0.15) is 6.54 Å². The molecule has 0 aliphatic carbocycles. The van der Waals surface area contributed by atoms with Crippen LogP contribution in [0.15, 0.2) is 65.6 Å². The molecular formula is C24H19ClF6N2O5S. The van der Waals surface area contributed by atoms with Crippen LogP contribution in [0.4, 0.5) is 37.7 Å². The lowest BCUT2D eigenvalue weighted by Gasteiger charge is -2.25. The van der Waals surface area contributed by atoms with Gasteiger partial charge in [-0.2, -0.15) is 26.3 Å². The van der Waals surface area contributed by atoms with Crippen LogP contribution in [0.1, 0.15) is 11.1 Å². The molecule has 3 aromatic rings. The number of alkyl halides is 6. The number of rotatable bonds is 8. The molecule has 0 bridgehead atoms. The Kier molecular flexibility index (Phi) is 8.60. The van der Waals surface area contributed by atoms with Crippen LogP contribution in [0.2, 0.25) is 5.02 Å². The van der Waals surface area contributed by atoms with Crippen molar-refractivity contribution < 1.29 is 49.0 Å². The molecule has 3 aromatic carbocycles. The molecule has 0 aliphatic rings. The smallest absolute Gasteiger partial charge is 0.416 e. The van der Waals surface area contributed by atoms with Crippen molar-refractivity contribution >= 4 is 38.9 Å². The van der Waals surface area contributed by atoms with Crippen molar-refractivity contribution in [2.24, 2.45) is 0 Å². The van der Waals surface area contributed by atoms with Crippen LogP contribution in [0, 0.1) is 0 Å². The number of carbonyl (C=O) groups excluding carboxylic acids is 1. The van der Waals surface area contributed by atoms with Crippen molar-refractivity contribution in [2.75, 3.05) is 30.4 Å². The summed E-state index contributed by atoms with van der Waals surface area (Å²) >= 11 is 5.90. The minimum absolute atomic E-state index is 0.0252. The molecule has 0 unspecified atom stereocenters. The first kappa shape index (κ1) is 29.9. The van der Waals surface area contributed by atoms with Gasteiger partial charge < -0.3 is 14.8 Å². The Balaban J connectivity index is 2.07. The van der Waals surface area contributed by atoms with Gasteiger partial charge >= 0.3 is 12.4 Å². The molecule has 1 N–H and O–H groups in total. The number of methoxy groups -OCH3 is 2. The number of nitrogens with one attached hydrogen (secondary N) is 1. The Bertz CT molecular complexity index is 1480. The zero-order valence-corrected chi connectivity index (χ0v) is 21.6. The van der Waals surface area contributed by atoms with Gasteiger partial charge in [0, 0.05) is 6.07 Å². The fourth-order valence-electron chi connectivity index (χ4n) is 3.37. The van der Waals surface area contributed by atoms with Gasteiger partial charge in [-0.1, -0.05) is 17.7 Å². The summed E-state index contributed by atoms with van der Waals surface area (Å²) in [5.74, 6) is -1.06. The minimum Gasteiger partial charge on any atom is -0.493 e. The highest BCUT2D eigenvalue weighted by Gasteiger charge is 2.34. The molecule has 0 fully saturated rings. The lowest BCUT2D eigenvalue weighted by atomic mass is 10.2. The fraction of sp³-hybridized carbons (Fsp3) is 0.208. The number of ether oxygens (including phenoxy) is 2. The first-order chi connectivity index (χ1) is 18.1. The zero-order chi connectivity index (χ0) is 29.2. The lowest BCUT2D eigenvalue weighted by molar-refractivity contribution is -0.138. The molecule has 0 atom stereocenters. The summed E-state index contributed by atoms with van der Waals surface area (Å²) in [6.45, 7) is -1.12. The van der Waals surface area contributed by atoms with Gasteiger partial charge in [0.15, 0.2) is 11.5 Å². The van der Waals surface area contributed by atoms with Crippen LogP contribution in [0.25, 0.3) is 0 Å². The van der Waals surface area contributed by atoms with E-state index in [1.165, 1.54) is 20.3 Å². The van der Waals surface area contributed by atoms with Gasteiger partial charge in [0.25, 0.3) is 10.0 Å². The average molecular weight is 597 g/mol. The largest absolute Gasteiger partial charge is 0.493 e. The van der Waals surface area contributed by atoms with E-state index in [9.17, 15) is 39.6 Å². The summed E-state index contributed by atoms with van der Waals surface area (Å²) in [5, 5.41) is 1.80. The maximum Gasteiger partial charge on any atom is 0.416 e. The maximum absolute atomic E-state index is 13.6. The first-order valence-electron chi connectivity index (χ1n) is 10.7. The van der Waals surface area contributed by atoms with Crippen LogP contribution >= 0.6 is 11.6 Å². The normalized spacial score (nSPS) is 12.1. The van der Waals surface area contributed by atoms with E-state index in [0.29, 0.717) is 28.6 Å². The Hall–Kier alpha value is -3.65. The second kappa shape index (κ2) is 11.2. The van der Waals surface area contributed by atoms with Gasteiger partial charge in [-0.3, -0.25) is 9.10 Å². The third kappa shape index (κ3) is 6.87. The second-order valence-electron chi connectivity index (χ2n) is 7.82. The molecule has 0 aliphatic heterocycles. The van der Waals surface area contributed by atoms with E-state index in [1.54, 1.807) is 0 Å². The van der Waals surface area contributed by atoms with Crippen molar-refractivity contribution in [3.8, 4) is 11.5 Å². The standard InChI is InChI=1S/C24H19ClF6N2O5S/c1-37-20-9-7-17(12-21(20)38-2)39(35,36)33(16-5-3-4-14(10-16)23(26,27)28)13-22(34)32-19-11-15(24(29,30)31)6-8-18(19)25/h3-12H,13H2,1-2H3,(H,32,34). The van der Waals surface area contributed by atoms with E-state index >= 15 is 0 Å². The summed E-state index contributed by atoms with van der Waals surface area (Å²) in [7, 11) is -2.22. The summed E-state index contributed by atoms with van der Waals surface area (Å²) in [6, 6.07) is 8.63. The van der Waals surface area contributed by atoms with Crippen LogP contribution in [0.5, 0.6) is 11.5 Å². The number of sulfonamides is 1. The summed E-state index contributed by atoms with van der Waals surface area (Å²) in [6.07, 6.45) is -9.62. The number of anilines is 2. The number of halogens is 7. The molecule has 7 nitrogen and oxygen atoms in total. The number of amides is 1. The fourth-order valence-corrected chi connectivity index (χ4v) is 4.97. The molecule has 3 rings (SSSR count). The number of hydrogen-bond acceptors (Lipinski definition) is 5. The third-order valence-electron chi connectivity index (χ3n) is 5.26. The van der Waals surface area contributed by atoms with Crippen LogP contribution < -0.4 is 19.1 Å². The van der Waals surface area contributed by atoms with Crippen molar-refractivity contribution in [3.05, 3.63) is 76.8 Å². The van der Waals surface area contributed by atoms with Crippen LogP contribution in [-0.4, -0.2) is 35.1 Å². The van der Waals surface area contributed by atoms with Crippen molar-refractivity contribution in [2.45, 2.75) is 17.2 Å². The van der Waals surface area contributed by atoms with E-state index in [0.717, 1.165) is 30.3 Å². The molecule has 0 radical (unpaired) electrons. The number of benzene rings is 3. The molecule has 0 saturated heterocycles. The lowest BCUT2D eigenvalue weighted by Crippen LogP contribution is -2.38. The van der Waals surface area contributed by atoms with E-state index in [4.69, 9.17) is 21.1 Å². The highest BCUT2D eigenvalue weighted by atomic mass is 35.5. The molecule has 39 heavy (non-hydrogen) atoms. The van der Waals surface area contributed by atoms with Gasteiger partial charge in [0.2, 0.25) is 5.91 Å². The summed E-state index contributed by atoms with van der Waals surface area (Å²) < 4.78 is 117. The van der Waals surface area contributed by atoms with Crippen molar-refractivity contribution in [1.29, 1.82) is 0 Å². The molecule has 15 heteroatoms. The second-order valence-corrected chi connectivity index (χ2v) is 10.1. The van der Waals surface area contributed by atoms with Crippen molar-refractivity contribution in [1.82, 2.24) is 0 Å². The number of hydrogen-bond donors (Lipinski definition) is 1. The van der Waals surface area contributed by atoms with Gasteiger partial charge in [-0.25, -0.2) is 8.42 Å². The summed E-state index contributed by atoms with van der Waals surface area (Å²) in [4.78, 5) is 12.4. The van der Waals surface area contributed by atoms with Crippen LogP contribution in [-0.2, 0) is 27.2 Å². The number of nitrogens with zero attached hydrogens (tertiary/aromatic N) is 1. The average Bonchev–Trinajstić information content (AvgIpc) is 2.86. The molecule has 0 aromatic heterocycles. The predicted octanol–water partition coefficient (Wildman–Crippen LogP) is 6.23. The number of carbonyl (C=O) groups is 1. The minimum atomic E-state index is -4.84. The van der Waals surface area contributed by atoms with E-state index in [-0.39, 0.29) is 16.5 Å². The Morgan fingerprint density at radius 2 is 1.49 bits per heavy atom. The Labute approximate surface area is 223 Å². The Morgan fingerprint density at radius 3 is 2.08 bits per heavy atom. The maximum atomic E-state index is 13.6. The van der Waals surface area contributed by atoms with Gasteiger partial charge in [-0.05, 0) is 48.5 Å². The molecule has 0 saturated carbocycles. The molecular weight excluding hydrogens is 578 g/mol.